The summed E-state index contributed by atoms with van der Waals surface area (Å²) in [5, 5.41) is 22.0. The van der Waals surface area contributed by atoms with Gasteiger partial charge in [0.1, 0.15) is 5.75 Å². The average Bonchev–Trinajstić information content (AvgIpc) is 2.66. The molecule has 2 atom stereocenters. The Labute approximate surface area is 157 Å². The van der Waals surface area contributed by atoms with Gasteiger partial charge in [0.2, 0.25) is 5.91 Å². The highest BCUT2D eigenvalue weighted by Crippen LogP contribution is 2.25. The standard InChI is InChI=1S/C20H23N3O4/c24-18-5-1-3-14(7-18)11-23-12-16(8-17(13-23)20(26)27)19(25)22-10-15-4-2-6-21-9-15/h1-7,9,16-17,24H,8,10-13H2,(H,22,25)(H,26,27)/t16-,17+/m0/s1. The van der Waals surface area contributed by atoms with E-state index in [9.17, 15) is 19.8 Å². The maximum Gasteiger partial charge on any atom is 0.307 e. The Morgan fingerprint density at radius 2 is 1.93 bits per heavy atom. The van der Waals surface area contributed by atoms with Crippen LogP contribution in [0, 0.1) is 11.8 Å². The highest BCUT2D eigenvalue weighted by molar-refractivity contribution is 5.80. The van der Waals surface area contributed by atoms with Crippen molar-refractivity contribution in [2.75, 3.05) is 13.1 Å². The SMILES string of the molecule is O=C(O)[C@@H]1C[C@H](C(=O)NCc2cccnc2)CN(Cc2cccc(O)c2)C1. The number of carboxylic acid groups (broad SMARTS) is 1. The number of aromatic nitrogens is 1. The molecule has 0 spiro atoms. The Morgan fingerprint density at radius 3 is 2.63 bits per heavy atom. The number of piperidine rings is 1. The number of rotatable bonds is 6. The maximum atomic E-state index is 12.6. The second-order valence-electron chi connectivity index (χ2n) is 6.91. The van der Waals surface area contributed by atoms with Crippen LogP contribution in [-0.4, -0.2) is 45.1 Å². The fraction of sp³-hybridized carbons (Fsp3) is 0.350. The third-order valence-electron chi connectivity index (χ3n) is 4.75. The number of carbonyl (C=O) groups is 2. The summed E-state index contributed by atoms with van der Waals surface area (Å²) in [5.74, 6) is -1.85. The highest BCUT2D eigenvalue weighted by Gasteiger charge is 2.35. The monoisotopic (exact) mass is 369 g/mol. The summed E-state index contributed by atoms with van der Waals surface area (Å²) in [7, 11) is 0. The summed E-state index contributed by atoms with van der Waals surface area (Å²) >= 11 is 0. The van der Waals surface area contributed by atoms with Gasteiger partial charge in [0.25, 0.3) is 0 Å². The number of phenolic OH excluding ortho intramolecular Hbond substituents is 1. The lowest BCUT2D eigenvalue weighted by Crippen LogP contribution is -2.47. The van der Waals surface area contributed by atoms with E-state index in [1.54, 1.807) is 36.7 Å². The van der Waals surface area contributed by atoms with Crippen molar-refractivity contribution in [1.82, 2.24) is 15.2 Å². The molecule has 0 radical (unpaired) electrons. The van der Waals surface area contributed by atoms with Crippen molar-refractivity contribution >= 4 is 11.9 Å². The molecule has 1 aromatic carbocycles. The van der Waals surface area contributed by atoms with E-state index < -0.39 is 17.8 Å². The van der Waals surface area contributed by atoms with E-state index in [1.165, 1.54) is 0 Å². The number of carboxylic acids is 1. The van der Waals surface area contributed by atoms with Gasteiger partial charge >= 0.3 is 5.97 Å². The largest absolute Gasteiger partial charge is 0.508 e. The van der Waals surface area contributed by atoms with Crippen molar-refractivity contribution in [3.05, 3.63) is 59.9 Å². The Kier molecular flexibility index (Phi) is 6.03. The van der Waals surface area contributed by atoms with Crippen LogP contribution in [0.25, 0.3) is 0 Å². The highest BCUT2D eigenvalue weighted by atomic mass is 16.4. The molecule has 0 unspecified atom stereocenters. The summed E-state index contributed by atoms with van der Waals surface area (Å²) in [4.78, 5) is 30.1. The van der Waals surface area contributed by atoms with Crippen LogP contribution < -0.4 is 5.32 Å². The minimum absolute atomic E-state index is 0.147. The van der Waals surface area contributed by atoms with Gasteiger partial charge in [0.05, 0.1) is 11.8 Å². The number of amides is 1. The van der Waals surface area contributed by atoms with Crippen LogP contribution in [0.1, 0.15) is 17.5 Å². The zero-order valence-corrected chi connectivity index (χ0v) is 14.9. The number of phenols is 1. The predicted molar refractivity (Wildman–Crippen MR) is 98.7 cm³/mol. The molecule has 3 N–H and O–H groups in total. The Morgan fingerprint density at radius 1 is 1.15 bits per heavy atom. The number of carbonyl (C=O) groups excluding carboxylic acids is 1. The van der Waals surface area contributed by atoms with Crippen LogP contribution in [0.3, 0.4) is 0 Å². The zero-order valence-electron chi connectivity index (χ0n) is 14.9. The number of benzene rings is 1. The molecule has 1 aliphatic rings. The molecule has 0 bridgehead atoms. The van der Waals surface area contributed by atoms with Gasteiger partial charge in [-0.05, 0) is 35.7 Å². The first-order valence-corrected chi connectivity index (χ1v) is 8.91. The third-order valence-corrected chi connectivity index (χ3v) is 4.75. The molecular formula is C20H23N3O4. The zero-order chi connectivity index (χ0) is 19.2. The summed E-state index contributed by atoms with van der Waals surface area (Å²) < 4.78 is 0. The van der Waals surface area contributed by atoms with E-state index >= 15 is 0 Å². The van der Waals surface area contributed by atoms with Gasteiger partial charge in [-0.2, -0.15) is 0 Å². The smallest absolute Gasteiger partial charge is 0.307 e. The minimum atomic E-state index is -0.888. The number of pyridine rings is 1. The first-order chi connectivity index (χ1) is 13.0. The molecule has 2 heterocycles. The van der Waals surface area contributed by atoms with E-state index in [0.717, 1.165) is 11.1 Å². The van der Waals surface area contributed by atoms with Crippen LogP contribution in [0.2, 0.25) is 0 Å². The van der Waals surface area contributed by atoms with Crippen molar-refractivity contribution in [3.8, 4) is 5.75 Å². The second-order valence-corrected chi connectivity index (χ2v) is 6.91. The fourth-order valence-corrected chi connectivity index (χ4v) is 3.44. The molecule has 1 amide bonds. The van der Waals surface area contributed by atoms with Gasteiger partial charge in [0.15, 0.2) is 0 Å². The van der Waals surface area contributed by atoms with E-state index in [2.05, 4.69) is 10.3 Å². The molecule has 27 heavy (non-hydrogen) atoms. The Balaban J connectivity index is 1.64. The number of aliphatic carboxylic acids is 1. The van der Waals surface area contributed by atoms with Crippen molar-refractivity contribution in [3.63, 3.8) is 0 Å². The molecular weight excluding hydrogens is 346 g/mol. The van der Waals surface area contributed by atoms with E-state index in [0.29, 0.717) is 32.6 Å². The van der Waals surface area contributed by atoms with Gasteiger partial charge in [-0.15, -0.1) is 0 Å². The third kappa shape index (κ3) is 5.27. The summed E-state index contributed by atoms with van der Waals surface area (Å²) in [6, 6.07) is 10.6. The molecule has 1 saturated heterocycles. The molecule has 7 heteroatoms. The van der Waals surface area contributed by atoms with Crippen molar-refractivity contribution < 1.29 is 19.8 Å². The number of hydrogen-bond acceptors (Lipinski definition) is 5. The fourth-order valence-electron chi connectivity index (χ4n) is 3.44. The molecule has 3 rings (SSSR count). The summed E-state index contributed by atoms with van der Waals surface area (Å²) in [5.41, 5.74) is 1.78. The molecule has 142 valence electrons. The van der Waals surface area contributed by atoms with Crippen LogP contribution in [-0.2, 0) is 22.7 Å². The number of aromatic hydroxyl groups is 1. The van der Waals surface area contributed by atoms with Gasteiger partial charge < -0.3 is 15.5 Å². The van der Waals surface area contributed by atoms with Gasteiger partial charge in [-0.1, -0.05) is 18.2 Å². The molecule has 0 saturated carbocycles. The van der Waals surface area contributed by atoms with Crippen molar-refractivity contribution in [2.45, 2.75) is 19.5 Å². The van der Waals surface area contributed by atoms with Gasteiger partial charge in [0, 0.05) is 38.6 Å². The van der Waals surface area contributed by atoms with E-state index in [1.807, 2.05) is 17.0 Å². The van der Waals surface area contributed by atoms with Crippen LogP contribution >= 0.6 is 0 Å². The average molecular weight is 369 g/mol. The van der Waals surface area contributed by atoms with Gasteiger partial charge in [-0.3, -0.25) is 19.5 Å². The van der Waals surface area contributed by atoms with Crippen LogP contribution in [0.15, 0.2) is 48.8 Å². The number of hydrogen-bond donors (Lipinski definition) is 3. The normalized spacial score (nSPS) is 20.1. The molecule has 7 nitrogen and oxygen atoms in total. The molecule has 2 aromatic rings. The Bertz CT molecular complexity index is 797. The van der Waals surface area contributed by atoms with E-state index in [4.69, 9.17) is 0 Å². The predicted octanol–water partition coefficient (Wildman–Crippen LogP) is 1.63. The molecule has 1 fully saturated rings. The quantitative estimate of drug-likeness (QED) is 0.715. The first kappa shape index (κ1) is 18.8. The molecule has 1 aromatic heterocycles. The maximum absolute atomic E-state index is 12.6. The lowest BCUT2D eigenvalue weighted by atomic mass is 9.88. The number of likely N-dealkylation sites (tertiary alicyclic amines) is 1. The van der Waals surface area contributed by atoms with Gasteiger partial charge in [-0.25, -0.2) is 0 Å². The summed E-state index contributed by atoms with van der Waals surface area (Å²) in [6.45, 7) is 1.73. The van der Waals surface area contributed by atoms with E-state index in [-0.39, 0.29) is 11.7 Å². The Hall–Kier alpha value is -2.93. The van der Waals surface area contributed by atoms with Crippen molar-refractivity contribution in [2.24, 2.45) is 11.8 Å². The molecule has 1 aliphatic heterocycles. The lowest BCUT2D eigenvalue weighted by Gasteiger charge is -2.35. The lowest BCUT2D eigenvalue weighted by molar-refractivity contribution is -0.145. The number of nitrogens with zero attached hydrogens (tertiary/aromatic N) is 2. The number of nitrogens with one attached hydrogen (secondary N) is 1. The summed E-state index contributed by atoms with van der Waals surface area (Å²) in [6.07, 6.45) is 3.68. The second kappa shape index (κ2) is 8.64. The van der Waals surface area contributed by atoms with Crippen LogP contribution in [0.5, 0.6) is 5.75 Å². The topological polar surface area (TPSA) is 103 Å². The van der Waals surface area contributed by atoms with Crippen LogP contribution in [0.4, 0.5) is 0 Å². The molecule has 0 aliphatic carbocycles. The first-order valence-electron chi connectivity index (χ1n) is 8.91. The van der Waals surface area contributed by atoms with Crippen molar-refractivity contribution in [1.29, 1.82) is 0 Å². The minimum Gasteiger partial charge on any atom is -0.508 e.